The average Bonchev–Trinajstić information content (AvgIpc) is 3.13. The Labute approximate surface area is 142 Å². The molecule has 0 saturated carbocycles. The second-order valence-electron chi connectivity index (χ2n) is 4.97. The molecular formula is C17H13N3O3S. The number of anilines is 1. The summed E-state index contributed by atoms with van der Waals surface area (Å²) in [5, 5.41) is 12.9. The summed E-state index contributed by atoms with van der Waals surface area (Å²) in [4.78, 5) is 30.1. The summed E-state index contributed by atoms with van der Waals surface area (Å²) >= 11 is 1.54. The topological polar surface area (TPSA) is 76.3 Å². The van der Waals surface area contributed by atoms with Gasteiger partial charge in [-0.25, -0.2) is 4.98 Å². The van der Waals surface area contributed by atoms with Crippen LogP contribution in [0.5, 0.6) is 0 Å². The van der Waals surface area contributed by atoms with Gasteiger partial charge >= 0.3 is 0 Å². The van der Waals surface area contributed by atoms with Gasteiger partial charge in [0.15, 0.2) is 0 Å². The molecule has 3 aromatic rings. The lowest BCUT2D eigenvalue weighted by Crippen LogP contribution is -2.30. The number of pyridine rings is 1. The third-order valence-electron chi connectivity index (χ3n) is 3.37. The van der Waals surface area contributed by atoms with Gasteiger partial charge in [-0.3, -0.25) is 19.8 Å². The summed E-state index contributed by atoms with van der Waals surface area (Å²) in [5.74, 6) is 0.174. The first-order chi connectivity index (χ1) is 11.6. The first-order valence-corrected chi connectivity index (χ1v) is 8.03. The van der Waals surface area contributed by atoms with Crippen LogP contribution in [-0.2, 0) is 6.54 Å². The minimum atomic E-state index is -0.513. The van der Waals surface area contributed by atoms with Crippen molar-refractivity contribution >= 4 is 28.7 Å². The standard InChI is InChI=1S/C17H13N3O3S/c21-17(13-5-3-6-14(11-13)20(22)23)19(12-15-7-4-10-24-15)16-8-1-2-9-18-16/h1-11H,12H2. The number of amides is 1. The molecule has 1 amide bonds. The van der Waals surface area contributed by atoms with E-state index in [1.807, 2.05) is 17.5 Å². The summed E-state index contributed by atoms with van der Waals surface area (Å²) in [7, 11) is 0. The van der Waals surface area contributed by atoms with E-state index in [1.54, 1.807) is 30.5 Å². The van der Waals surface area contributed by atoms with Gasteiger partial charge in [0.05, 0.1) is 11.5 Å². The van der Waals surface area contributed by atoms with Crippen LogP contribution in [0.1, 0.15) is 15.2 Å². The zero-order valence-corrected chi connectivity index (χ0v) is 13.3. The van der Waals surface area contributed by atoms with E-state index in [1.165, 1.54) is 34.4 Å². The molecule has 0 aliphatic carbocycles. The number of non-ortho nitro benzene ring substituents is 1. The van der Waals surface area contributed by atoms with Crippen molar-refractivity contribution in [3.05, 3.63) is 86.7 Å². The molecule has 0 unspecified atom stereocenters. The fourth-order valence-electron chi connectivity index (χ4n) is 2.24. The van der Waals surface area contributed by atoms with E-state index < -0.39 is 4.92 Å². The van der Waals surface area contributed by atoms with Gasteiger partial charge in [0.25, 0.3) is 11.6 Å². The van der Waals surface area contributed by atoms with Crippen molar-refractivity contribution in [2.45, 2.75) is 6.54 Å². The number of benzene rings is 1. The van der Waals surface area contributed by atoms with Crippen LogP contribution < -0.4 is 4.90 Å². The minimum absolute atomic E-state index is 0.113. The maximum Gasteiger partial charge on any atom is 0.270 e. The highest BCUT2D eigenvalue weighted by Gasteiger charge is 2.21. The fourth-order valence-corrected chi connectivity index (χ4v) is 2.93. The molecule has 0 aliphatic heterocycles. The molecule has 120 valence electrons. The quantitative estimate of drug-likeness (QED) is 0.522. The first kappa shape index (κ1) is 15.8. The Hall–Kier alpha value is -3.06. The van der Waals surface area contributed by atoms with Crippen molar-refractivity contribution < 1.29 is 9.72 Å². The van der Waals surface area contributed by atoms with Crippen molar-refractivity contribution in [3.8, 4) is 0 Å². The molecular weight excluding hydrogens is 326 g/mol. The number of aromatic nitrogens is 1. The predicted octanol–water partition coefficient (Wildman–Crippen LogP) is 3.90. The molecule has 0 saturated heterocycles. The molecule has 2 heterocycles. The molecule has 0 aliphatic rings. The van der Waals surface area contributed by atoms with Crippen molar-refractivity contribution in [1.29, 1.82) is 0 Å². The third kappa shape index (κ3) is 3.47. The highest BCUT2D eigenvalue weighted by molar-refractivity contribution is 7.09. The van der Waals surface area contributed by atoms with Crippen molar-refractivity contribution in [3.63, 3.8) is 0 Å². The number of carbonyl (C=O) groups is 1. The number of hydrogen-bond donors (Lipinski definition) is 0. The van der Waals surface area contributed by atoms with Gasteiger partial charge in [0.1, 0.15) is 5.82 Å². The zero-order valence-electron chi connectivity index (χ0n) is 12.5. The van der Waals surface area contributed by atoms with Gasteiger partial charge in [-0.15, -0.1) is 11.3 Å². The third-order valence-corrected chi connectivity index (χ3v) is 4.23. The lowest BCUT2D eigenvalue weighted by atomic mass is 10.1. The van der Waals surface area contributed by atoms with Crippen LogP contribution in [0.3, 0.4) is 0 Å². The molecule has 2 aromatic heterocycles. The van der Waals surface area contributed by atoms with Crippen molar-refractivity contribution in [1.82, 2.24) is 4.98 Å². The van der Waals surface area contributed by atoms with Gasteiger partial charge in [-0.2, -0.15) is 0 Å². The van der Waals surface area contributed by atoms with Crippen LogP contribution in [0.2, 0.25) is 0 Å². The Morgan fingerprint density at radius 1 is 1.17 bits per heavy atom. The summed E-state index contributed by atoms with van der Waals surface area (Å²) in [6.45, 7) is 0.357. The number of nitro benzene ring substituents is 1. The number of hydrogen-bond acceptors (Lipinski definition) is 5. The molecule has 6 nitrogen and oxygen atoms in total. The molecule has 24 heavy (non-hydrogen) atoms. The summed E-state index contributed by atoms with van der Waals surface area (Å²) < 4.78 is 0. The average molecular weight is 339 g/mol. The Bertz CT molecular complexity index is 851. The monoisotopic (exact) mass is 339 g/mol. The van der Waals surface area contributed by atoms with E-state index in [9.17, 15) is 14.9 Å². The second-order valence-corrected chi connectivity index (χ2v) is 6.00. The first-order valence-electron chi connectivity index (χ1n) is 7.15. The van der Waals surface area contributed by atoms with Crippen molar-refractivity contribution in [2.24, 2.45) is 0 Å². The highest BCUT2D eigenvalue weighted by Crippen LogP contribution is 2.22. The largest absolute Gasteiger partial charge is 0.287 e. The summed E-state index contributed by atoms with van der Waals surface area (Å²) in [6, 6.07) is 14.9. The second kappa shape index (κ2) is 7.01. The number of nitrogens with zero attached hydrogens (tertiary/aromatic N) is 3. The molecule has 0 spiro atoms. The van der Waals surface area contributed by atoms with Gasteiger partial charge in [0.2, 0.25) is 0 Å². The molecule has 0 bridgehead atoms. The molecule has 3 rings (SSSR count). The van der Waals surface area contributed by atoms with E-state index in [4.69, 9.17) is 0 Å². The number of carbonyl (C=O) groups excluding carboxylic acids is 1. The van der Waals surface area contributed by atoms with E-state index in [0.717, 1.165) is 4.88 Å². The molecule has 1 aromatic carbocycles. The SMILES string of the molecule is O=C(c1cccc([N+](=O)[O-])c1)N(Cc1cccs1)c1ccccn1. The van der Waals surface area contributed by atoms with E-state index in [0.29, 0.717) is 12.4 Å². The lowest BCUT2D eigenvalue weighted by molar-refractivity contribution is -0.384. The van der Waals surface area contributed by atoms with Crippen LogP contribution in [0.4, 0.5) is 11.5 Å². The summed E-state index contributed by atoms with van der Waals surface area (Å²) in [5.41, 5.74) is 0.143. The van der Waals surface area contributed by atoms with Gasteiger partial charge < -0.3 is 0 Å². The smallest absolute Gasteiger partial charge is 0.270 e. The molecule has 0 atom stereocenters. The molecule has 7 heteroatoms. The molecule has 0 radical (unpaired) electrons. The predicted molar refractivity (Wildman–Crippen MR) is 92.2 cm³/mol. The maximum absolute atomic E-state index is 12.9. The zero-order chi connectivity index (χ0) is 16.9. The van der Waals surface area contributed by atoms with Gasteiger partial charge in [0, 0.05) is 28.8 Å². The van der Waals surface area contributed by atoms with Crippen LogP contribution in [0.25, 0.3) is 0 Å². The van der Waals surface area contributed by atoms with Crippen LogP contribution in [0.15, 0.2) is 66.2 Å². The Kier molecular flexibility index (Phi) is 4.62. The molecule has 0 N–H and O–H groups in total. The lowest BCUT2D eigenvalue weighted by Gasteiger charge is -2.21. The van der Waals surface area contributed by atoms with Gasteiger partial charge in [-0.1, -0.05) is 18.2 Å². The van der Waals surface area contributed by atoms with Crippen LogP contribution >= 0.6 is 11.3 Å². The minimum Gasteiger partial charge on any atom is -0.287 e. The Morgan fingerprint density at radius 3 is 2.71 bits per heavy atom. The van der Waals surface area contributed by atoms with Gasteiger partial charge in [-0.05, 0) is 29.6 Å². The molecule has 0 fully saturated rings. The summed E-state index contributed by atoms with van der Waals surface area (Å²) in [6.07, 6.45) is 1.61. The number of rotatable bonds is 5. The van der Waals surface area contributed by atoms with E-state index in [-0.39, 0.29) is 17.2 Å². The van der Waals surface area contributed by atoms with Crippen molar-refractivity contribution in [2.75, 3.05) is 4.90 Å². The highest BCUT2D eigenvalue weighted by atomic mass is 32.1. The Morgan fingerprint density at radius 2 is 2.04 bits per heavy atom. The Balaban J connectivity index is 1.97. The van der Waals surface area contributed by atoms with E-state index in [2.05, 4.69) is 4.98 Å². The van der Waals surface area contributed by atoms with E-state index >= 15 is 0 Å². The fraction of sp³-hybridized carbons (Fsp3) is 0.0588. The maximum atomic E-state index is 12.9. The van der Waals surface area contributed by atoms with Crippen LogP contribution in [0, 0.1) is 10.1 Å². The van der Waals surface area contributed by atoms with Crippen LogP contribution in [-0.4, -0.2) is 15.8 Å². The normalized spacial score (nSPS) is 10.3. The number of nitro groups is 1. The number of thiophene rings is 1.